The Labute approximate surface area is 96.2 Å². The van der Waals surface area contributed by atoms with Crippen LogP contribution < -0.4 is 10.5 Å². The summed E-state index contributed by atoms with van der Waals surface area (Å²) in [5.74, 6) is 0.848. The highest BCUT2D eigenvalue weighted by atomic mass is 16.5. The third kappa shape index (κ3) is 1.51. The Balaban J connectivity index is 2.58. The molecule has 1 atom stereocenters. The zero-order valence-electron chi connectivity index (χ0n) is 9.86. The zero-order valence-corrected chi connectivity index (χ0v) is 9.86. The van der Waals surface area contributed by atoms with Crippen LogP contribution in [0, 0.1) is 0 Å². The molecule has 1 unspecified atom stereocenters. The van der Waals surface area contributed by atoms with E-state index >= 15 is 0 Å². The van der Waals surface area contributed by atoms with Crippen molar-refractivity contribution >= 4 is 0 Å². The van der Waals surface area contributed by atoms with Crippen LogP contribution in [0.4, 0.5) is 0 Å². The molecule has 0 radical (unpaired) electrons. The number of hydrogen-bond acceptors (Lipinski definition) is 3. The van der Waals surface area contributed by atoms with E-state index in [1.807, 2.05) is 38.1 Å². The van der Waals surface area contributed by atoms with E-state index in [2.05, 4.69) is 0 Å². The average Bonchev–Trinajstić information content (AvgIpc) is 2.26. The molecule has 0 bridgehead atoms. The Kier molecular flexibility index (Phi) is 2.68. The van der Waals surface area contributed by atoms with Crippen molar-refractivity contribution in [1.29, 1.82) is 0 Å². The van der Waals surface area contributed by atoms with Crippen LogP contribution in [-0.2, 0) is 5.41 Å². The van der Waals surface area contributed by atoms with E-state index in [-0.39, 0.29) is 0 Å². The molecule has 0 fully saturated rings. The highest BCUT2D eigenvalue weighted by Crippen LogP contribution is 2.44. The van der Waals surface area contributed by atoms with E-state index in [9.17, 15) is 5.11 Å². The predicted octanol–water partition coefficient (Wildman–Crippen LogP) is 1.44. The van der Waals surface area contributed by atoms with Gasteiger partial charge in [0, 0.05) is 17.5 Å². The van der Waals surface area contributed by atoms with E-state index in [0.717, 1.165) is 17.7 Å². The normalized spacial score (nSPS) is 24.8. The maximum Gasteiger partial charge on any atom is 0.123 e. The molecule has 0 aliphatic carbocycles. The van der Waals surface area contributed by atoms with Crippen LogP contribution in [0.25, 0.3) is 0 Å². The summed E-state index contributed by atoms with van der Waals surface area (Å²) in [7, 11) is 0. The van der Waals surface area contributed by atoms with Gasteiger partial charge in [-0.05, 0) is 26.3 Å². The van der Waals surface area contributed by atoms with Crippen LogP contribution in [0.3, 0.4) is 0 Å². The number of hydrogen-bond donors (Lipinski definition) is 2. The first-order valence-electron chi connectivity index (χ1n) is 5.66. The molecule has 0 amide bonds. The number of ether oxygens (including phenoxy) is 1. The molecule has 2 rings (SSSR count). The van der Waals surface area contributed by atoms with Gasteiger partial charge in [-0.25, -0.2) is 0 Å². The molecule has 0 aromatic heterocycles. The minimum Gasteiger partial charge on any atom is -0.493 e. The molecular formula is C13H19NO2. The van der Waals surface area contributed by atoms with Crippen LogP contribution in [0.2, 0.25) is 0 Å². The number of fused-ring (bicyclic) bond motifs is 1. The minimum atomic E-state index is -0.846. The smallest absolute Gasteiger partial charge is 0.123 e. The lowest BCUT2D eigenvalue weighted by atomic mass is 9.65. The van der Waals surface area contributed by atoms with Gasteiger partial charge in [0.05, 0.1) is 12.2 Å². The van der Waals surface area contributed by atoms with Crippen LogP contribution in [0.1, 0.15) is 25.8 Å². The third-order valence-corrected chi connectivity index (χ3v) is 3.71. The van der Waals surface area contributed by atoms with E-state index < -0.39 is 11.0 Å². The molecule has 1 aliphatic heterocycles. The lowest BCUT2D eigenvalue weighted by Crippen LogP contribution is -2.54. The van der Waals surface area contributed by atoms with Crippen molar-refractivity contribution in [2.45, 2.75) is 31.3 Å². The first kappa shape index (κ1) is 11.4. The van der Waals surface area contributed by atoms with Crippen LogP contribution >= 0.6 is 0 Å². The number of aliphatic hydroxyl groups is 1. The van der Waals surface area contributed by atoms with Crippen molar-refractivity contribution < 1.29 is 9.84 Å². The molecule has 0 spiro atoms. The summed E-state index contributed by atoms with van der Waals surface area (Å²) in [5, 5.41) is 10.4. The average molecular weight is 221 g/mol. The number of rotatable bonds is 2. The summed E-state index contributed by atoms with van der Waals surface area (Å²) in [6, 6.07) is 7.84. The lowest BCUT2D eigenvalue weighted by Gasteiger charge is -2.46. The Bertz CT molecular complexity index is 384. The summed E-state index contributed by atoms with van der Waals surface area (Å²) >= 11 is 0. The first-order valence-corrected chi connectivity index (χ1v) is 5.66. The van der Waals surface area contributed by atoms with Gasteiger partial charge in [0.25, 0.3) is 0 Å². The van der Waals surface area contributed by atoms with E-state index in [1.165, 1.54) is 0 Å². The summed E-state index contributed by atoms with van der Waals surface area (Å²) in [5.41, 5.74) is 5.70. The largest absolute Gasteiger partial charge is 0.493 e. The van der Waals surface area contributed by atoms with Crippen molar-refractivity contribution in [1.82, 2.24) is 0 Å². The summed E-state index contributed by atoms with van der Waals surface area (Å²) in [6.45, 7) is 4.68. The molecule has 3 N–H and O–H groups in total. The Hall–Kier alpha value is -1.06. The summed E-state index contributed by atoms with van der Waals surface area (Å²) in [6.07, 6.45) is 0.754. The van der Waals surface area contributed by atoms with Crippen LogP contribution in [0.5, 0.6) is 5.75 Å². The Morgan fingerprint density at radius 2 is 2.12 bits per heavy atom. The van der Waals surface area contributed by atoms with Gasteiger partial charge >= 0.3 is 0 Å². The van der Waals surface area contributed by atoms with E-state index in [4.69, 9.17) is 10.5 Å². The molecule has 16 heavy (non-hydrogen) atoms. The van der Waals surface area contributed by atoms with Crippen molar-refractivity contribution in [3.05, 3.63) is 29.8 Å². The minimum absolute atomic E-state index is 0.401. The first-order chi connectivity index (χ1) is 7.51. The summed E-state index contributed by atoms with van der Waals surface area (Å²) < 4.78 is 5.61. The fraction of sp³-hybridized carbons (Fsp3) is 0.538. The Morgan fingerprint density at radius 3 is 2.75 bits per heavy atom. The molecule has 1 aromatic carbocycles. The van der Waals surface area contributed by atoms with Gasteiger partial charge in [0.1, 0.15) is 5.75 Å². The third-order valence-electron chi connectivity index (χ3n) is 3.71. The highest BCUT2D eigenvalue weighted by molar-refractivity contribution is 5.43. The van der Waals surface area contributed by atoms with Crippen LogP contribution in [0.15, 0.2) is 24.3 Å². The second-order valence-corrected chi connectivity index (χ2v) is 4.94. The van der Waals surface area contributed by atoms with Crippen molar-refractivity contribution in [2.75, 3.05) is 13.2 Å². The number of nitrogens with two attached hydrogens (primary N) is 1. The monoisotopic (exact) mass is 221 g/mol. The molecule has 1 aromatic rings. The number of para-hydroxylation sites is 1. The Morgan fingerprint density at radius 1 is 1.44 bits per heavy atom. The molecule has 1 heterocycles. The topological polar surface area (TPSA) is 55.5 Å². The van der Waals surface area contributed by atoms with Gasteiger partial charge in [-0.3, -0.25) is 0 Å². The standard InChI is InChI=1S/C13H19NO2/c1-12(2,15)13(9-14)7-8-16-11-6-4-3-5-10(11)13/h3-6,15H,7-9,14H2,1-2H3. The van der Waals surface area contributed by atoms with Crippen molar-refractivity contribution in [3.63, 3.8) is 0 Å². The van der Waals surface area contributed by atoms with Crippen LogP contribution in [-0.4, -0.2) is 23.9 Å². The second-order valence-electron chi connectivity index (χ2n) is 4.94. The molecule has 88 valence electrons. The molecule has 0 saturated heterocycles. The van der Waals surface area contributed by atoms with Gasteiger partial charge < -0.3 is 15.6 Å². The molecular weight excluding hydrogens is 202 g/mol. The molecule has 1 aliphatic rings. The van der Waals surface area contributed by atoms with Gasteiger partial charge in [-0.2, -0.15) is 0 Å². The molecule has 3 heteroatoms. The highest BCUT2D eigenvalue weighted by Gasteiger charge is 2.47. The fourth-order valence-corrected chi connectivity index (χ4v) is 2.55. The SMILES string of the molecule is CC(C)(O)C1(CN)CCOc2ccccc21. The molecule has 3 nitrogen and oxygen atoms in total. The maximum absolute atomic E-state index is 10.4. The summed E-state index contributed by atoms with van der Waals surface area (Å²) in [4.78, 5) is 0. The van der Waals surface area contributed by atoms with Gasteiger partial charge in [-0.1, -0.05) is 18.2 Å². The van der Waals surface area contributed by atoms with Gasteiger partial charge in [-0.15, -0.1) is 0 Å². The lowest BCUT2D eigenvalue weighted by molar-refractivity contribution is -0.0222. The van der Waals surface area contributed by atoms with Gasteiger partial charge in [0.2, 0.25) is 0 Å². The molecule has 0 saturated carbocycles. The van der Waals surface area contributed by atoms with E-state index in [1.54, 1.807) is 0 Å². The number of benzene rings is 1. The van der Waals surface area contributed by atoms with E-state index in [0.29, 0.717) is 13.2 Å². The van der Waals surface area contributed by atoms with Crippen molar-refractivity contribution in [2.24, 2.45) is 5.73 Å². The quantitative estimate of drug-likeness (QED) is 0.794. The maximum atomic E-state index is 10.4. The zero-order chi connectivity index (χ0) is 11.8. The van der Waals surface area contributed by atoms with Crippen molar-refractivity contribution in [3.8, 4) is 5.75 Å². The second kappa shape index (κ2) is 3.75. The predicted molar refractivity (Wildman–Crippen MR) is 63.6 cm³/mol. The fourth-order valence-electron chi connectivity index (χ4n) is 2.55. The van der Waals surface area contributed by atoms with Gasteiger partial charge in [0.15, 0.2) is 0 Å².